The Morgan fingerprint density at radius 3 is 2.55 bits per heavy atom. The van der Waals surface area contributed by atoms with Gasteiger partial charge in [-0.1, -0.05) is 40.7 Å². The first-order valence-corrected chi connectivity index (χ1v) is 12.4. The van der Waals surface area contributed by atoms with Gasteiger partial charge in [0.15, 0.2) is 5.78 Å². The molecule has 2 nitrogen and oxygen atoms in total. The van der Waals surface area contributed by atoms with Crippen LogP contribution in [0, 0.1) is 52.3 Å². The third-order valence-corrected chi connectivity index (χ3v) is 10.3. The highest BCUT2D eigenvalue weighted by Gasteiger charge is 2.59. The van der Waals surface area contributed by atoms with Crippen LogP contribution in [-0.2, 0) is 9.59 Å². The molecule has 0 N–H and O–H groups in total. The van der Waals surface area contributed by atoms with E-state index in [2.05, 4.69) is 26.8 Å². The van der Waals surface area contributed by atoms with E-state index in [1.54, 1.807) is 0 Å². The van der Waals surface area contributed by atoms with Crippen LogP contribution in [-0.4, -0.2) is 11.6 Å². The van der Waals surface area contributed by atoms with Crippen LogP contribution in [0.3, 0.4) is 0 Å². The van der Waals surface area contributed by atoms with Crippen molar-refractivity contribution in [1.29, 1.82) is 0 Å². The van der Waals surface area contributed by atoms with Crippen molar-refractivity contribution in [3.63, 3.8) is 0 Å². The van der Waals surface area contributed by atoms with Crippen molar-refractivity contribution in [2.75, 3.05) is 0 Å². The van der Waals surface area contributed by atoms with Gasteiger partial charge in [-0.25, -0.2) is 0 Å². The summed E-state index contributed by atoms with van der Waals surface area (Å²) in [5, 5.41) is 0. The van der Waals surface area contributed by atoms with Gasteiger partial charge in [0.2, 0.25) is 0 Å². The Morgan fingerprint density at radius 2 is 1.83 bits per heavy atom. The fourth-order valence-electron chi connectivity index (χ4n) is 8.47. The van der Waals surface area contributed by atoms with E-state index >= 15 is 0 Å². The summed E-state index contributed by atoms with van der Waals surface area (Å²) in [6.45, 7) is 11.6. The maximum atomic E-state index is 12.2. The Hall–Kier alpha value is -0.920. The number of hydrogen-bond donors (Lipinski definition) is 0. The molecule has 0 aromatic rings. The highest BCUT2D eigenvalue weighted by Crippen LogP contribution is 2.67. The number of allylic oxidation sites excluding steroid dienone is 2. The topological polar surface area (TPSA) is 34.1 Å². The lowest BCUT2D eigenvalue weighted by molar-refractivity contribution is -0.123. The molecule has 0 amide bonds. The van der Waals surface area contributed by atoms with Crippen LogP contribution in [0.25, 0.3) is 0 Å². The van der Waals surface area contributed by atoms with E-state index < -0.39 is 0 Å². The summed E-state index contributed by atoms with van der Waals surface area (Å²) in [5.41, 5.74) is 0.699. The van der Waals surface area contributed by atoms with Crippen LogP contribution in [0.4, 0.5) is 0 Å². The number of rotatable bonds is 5. The number of carbonyl (C=O) groups excluding carboxylic acids is 2. The molecule has 0 radical (unpaired) electrons. The third kappa shape index (κ3) is 3.47. The molecule has 3 saturated carbocycles. The molecule has 3 fully saturated rings. The second-order valence-electron chi connectivity index (χ2n) is 11.9. The molecule has 0 heterocycles. The lowest BCUT2D eigenvalue weighted by Gasteiger charge is -2.59. The van der Waals surface area contributed by atoms with E-state index in [0.29, 0.717) is 28.8 Å². The number of carbonyl (C=O) groups is 2. The molecule has 4 rings (SSSR count). The largest absolute Gasteiger partial charge is 0.299 e. The van der Waals surface area contributed by atoms with Crippen molar-refractivity contribution < 1.29 is 9.59 Å². The molecule has 0 aliphatic heterocycles. The van der Waals surface area contributed by atoms with Crippen molar-refractivity contribution >= 4 is 11.6 Å². The molecule has 0 spiro atoms. The minimum Gasteiger partial charge on any atom is -0.299 e. The third-order valence-electron chi connectivity index (χ3n) is 10.3. The smallest absolute Gasteiger partial charge is 0.155 e. The summed E-state index contributed by atoms with van der Waals surface area (Å²) in [7, 11) is 0. The molecule has 162 valence electrons. The first-order chi connectivity index (χ1) is 13.7. The SMILES string of the molecule is CC(C)C(=O)CC[C@@H](C)[C@H]1CC[C@H]2[C@@H]3CC[C@H]4CC(=O)C=C[C@]4(C)[C@H]3CC[C@]12C. The van der Waals surface area contributed by atoms with Crippen molar-refractivity contribution in [2.45, 2.75) is 92.4 Å². The molecular weight excluding hydrogens is 356 g/mol. The van der Waals surface area contributed by atoms with Gasteiger partial charge >= 0.3 is 0 Å². The Bertz CT molecular complexity index is 691. The van der Waals surface area contributed by atoms with E-state index in [9.17, 15) is 9.59 Å². The summed E-state index contributed by atoms with van der Waals surface area (Å²) >= 11 is 0. The van der Waals surface area contributed by atoms with E-state index in [-0.39, 0.29) is 11.3 Å². The van der Waals surface area contributed by atoms with Crippen molar-refractivity contribution in [3.8, 4) is 0 Å². The number of hydrogen-bond acceptors (Lipinski definition) is 2. The Labute approximate surface area is 178 Å². The van der Waals surface area contributed by atoms with Crippen LogP contribution in [0.15, 0.2) is 12.2 Å². The van der Waals surface area contributed by atoms with Gasteiger partial charge in [-0.15, -0.1) is 0 Å². The van der Waals surface area contributed by atoms with Gasteiger partial charge in [0, 0.05) is 18.8 Å². The molecule has 0 aromatic carbocycles. The van der Waals surface area contributed by atoms with E-state index in [1.165, 1.54) is 38.5 Å². The summed E-state index contributed by atoms with van der Waals surface area (Å²) in [6, 6.07) is 0. The van der Waals surface area contributed by atoms with Gasteiger partial charge in [-0.05, 0) is 97.4 Å². The molecule has 0 bridgehead atoms. The van der Waals surface area contributed by atoms with E-state index in [0.717, 1.165) is 42.9 Å². The second kappa shape index (κ2) is 7.65. The zero-order valence-corrected chi connectivity index (χ0v) is 19.4. The minimum atomic E-state index is 0.177. The summed E-state index contributed by atoms with van der Waals surface area (Å²) in [6.07, 6.45) is 14.8. The van der Waals surface area contributed by atoms with Crippen LogP contribution in [0.1, 0.15) is 92.4 Å². The molecule has 2 heteroatoms. The fourth-order valence-corrected chi connectivity index (χ4v) is 8.47. The second-order valence-corrected chi connectivity index (χ2v) is 11.9. The minimum absolute atomic E-state index is 0.177. The molecule has 0 aromatic heterocycles. The van der Waals surface area contributed by atoms with Gasteiger partial charge in [0.05, 0.1) is 0 Å². The van der Waals surface area contributed by atoms with Crippen LogP contribution in [0.2, 0.25) is 0 Å². The first-order valence-electron chi connectivity index (χ1n) is 12.4. The average molecular weight is 399 g/mol. The van der Waals surface area contributed by atoms with Gasteiger partial charge in [0.1, 0.15) is 5.78 Å². The highest BCUT2D eigenvalue weighted by atomic mass is 16.1. The predicted octanol–water partition coefficient (Wildman–Crippen LogP) is 6.63. The summed E-state index contributed by atoms with van der Waals surface area (Å²) < 4.78 is 0. The molecule has 4 aliphatic carbocycles. The van der Waals surface area contributed by atoms with Gasteiger partial charge in [-0.2, -0.15) is 0 Å². The quantitative estimate of drug-likeness (QED) is 0.521. The average Bonchev–Trinajstić information content (AvgIpc) is 3.03. The van der Waals surface area contributed by atoms with Gasteiger partial charge in [0.25, 0.3) is 0 Å². The van der Waals surface area contributed by atoms with Crippen molar-refractivity contribution in [1.82, 2.24) is 0 Å². The van der Waals surface area contributed by atoms with Gasteiger partial charge < -0.3 is 0 Å². The van der Waals surface area contributed by atoms with Crippen LogP contribution >= 0.6 is 0 Å². The normalized spacial score (nSPS) is 44.9. The number of ketones is 2. The number of Topliss-reactive ketones (excluding diaryl/α,β-unsaturated/α-hetero) is 1. The fraction of sp³-hybridized carbons (Fsp3) is 0.852. The molecule has 4 aliphatic rings. The summed E-state index contributed by atoms with van der Waals surface area (Å²) in [5.74, 6) is 5.41. The van der Waals surface area contributed by atoms with E-state index in [1.807, 2.05) is 19.9 Å². The molecular formula is C27H42O2. The maximum Gasteiger partial charge on any atom is 0.155 e. The van der Waals surface area contributed by atoms with E-state index in [4.69, 9.17) is 0 Å². The Balaban J connectivity index is 1.49. The van der Waals surface area contributed by atoms with Crippen LogP contribution in [0.5, 0.6) is 0 Å². The predicted molar refractivity (Wildman–Crippen MR) is 118 cm³/mol. The first kappa shape index (κ1) is 21.3. The van der Waals surface area contributed by atoms with Crippen molar-refractivity contribution in [3.05, 3.63) is 12.2 Å². The number of fused-ring (bicyclic) bond motifs is 5. The zero-order valence-electron chi connectivity index (χ0n) is 19.4. The van der Waals surface area contributed by atoms with Crippen LogP contribution < -0.4 is 0 Å². The molecule has 8 atom stereocenters. The maximum absolute atomic E-state index is 12.2. The van der Waals surface area contributed by atoms with Crippen molar-refractivity contribution in [2.24, 2.45) is 52.3 Å². The van der Waals surface area contributed by atoms with Gasteiger partial charge in [-0.3, -0.25) is 9.59 Å². The highest BCUT2D eigenvalue weighted by molar-refractivity contribution is 5.91. The molecule has 29 heavy (non-hydrogen) atoms. The molecule has 0 unspecified atom stereocenters. The Kier molecular flexibility index (Phi) is 5.62. The lowest BCUT2D eigenvalue weighted by atomic mass is 9.45. The lowest BCUT2D eigenvalue weighted by Crippen LogP contribution is -2.52. The standard InChI is InChI=1S/C27H42O2/c1-17(2)25(29)11-6-18(3)22-9-10-23-21-8-7-19-16-20(28)12-14-26(19,4)24(21)13-15-27(22,23)5/h12,14,17-19,21-24H,6-11,13,15-16H2,1-5H3/t18-,19+,21+,22-,23+,24+,26+,27-/m1/s1. The zero-order chi connectivity index (χ0) is 21.0. The summed E-state index contributed by atoms with van der Waals surface area (Å²) in [4.78, 5) is 24.2. The monoisotopic (exact) mass is 398 g/mol. The Morgan fingerprint density at radius 1 is 1.07 bits per heavy atom. The molecule has 0 saturated heterocycles.